The Bertz CT molecular complexity index is 1130. The third-order valence-electron chi connectivity index (χ3n) is 7.30. The molecule has 0 unspecified atom stereocenters. The Morgan fingerprint density at radius 1 is 1.00 bits per heavy atom. The number of carbonyl (C=O) groups excluding carboxylic acids is 1. The van der Waals surface area contributed by atoms with Crippen molar-refractivity contribution in [3.63, 3.8) is 0 Å². The molecule has 180 valence electrons. The fourth-order valence-corrected chi connectivity index (χ4v) is 5.25. The van der Waals surface area contributed by atoms with Crippen LogP contribution in [-0.4, -0.2) is 40.5 Å². The van der Waals surface area contributed by atoms with Gasteiger partial charge in [-0.2, -0.15) is 0 Å². The summed E-state index contributed by atoms with van der Waals surface area (Å²) in [6, 6.07) is 12.7. The first kappa shape index (κ1) is 22.7. The molecule has 2 fully saturated rings. The first-order valence-corrected chi connectivity index (χ1v) is 12.6. The molecule has 2 aromatic heterocycles. The Kier molecular flexibility index (Phi) is 6.72. The molecule has 0 aliphatic heterocycles. The van der Waals surface area contributed by atoms with E-state index in [1.54, 1.807) is 7.11 Å². The summed E-state index contributed by atoms with van der Waals surface area (Å²) in [4.78, 5) is 17.9. The van der Waals surface area contributed by atoms with E-state index >= 15 is 0 Å². The molecule has 0 saturated heterocycles. The number of aromatic nitrogens is 2. The van der Waals surface area contributed by atoms with Gasteiger partial charge in [-0.15, -0.1) is 0 Å². The number of imidazole rings is 1. The van der Waals surface area contributed by atoms with Crippen LogP contribution < -0.4 is 21.1 Å². The summed E-state index contributed by atoms with van der Waals surface area (Å²) < 4.78 is 7.41. The van der Waals surface area contributed by atoms with Gasteiger partial charge in [-0.25, -0.2) is 4.98 Å². The molecule has 0 spiro atoms. The molecule has 1 aromatic carbocycles. The van der Waals surface area contributed by atoms with Gasteiger partial charge in [-0.1, -0.05) is 19.3 Å². The quantitative estimate of drug-likeness (QED) is 0.492. The van der Waals surface area contributed by atoms with Crippen molar-refractivity contribution in [2.24, 2.45) is 5.73 Å². The molecule has 7 nitrogen and oxygen atoms in total. The maximum atomic E-state index is 13.0. The van der Waals surface area contributed by atoms with Crippen LogP contribution in [0.25, 0.3) is 16.9 Å². The van der Waals surface area contributed by atoms with Crippen LogP contribution in [0.15, 0.2) is 42.6 Å². The highest BCUT2D eigenvalue weighted by Gasteiger charge is 2.23. The van der Waals surface area contributed by atoms with Gasteiger partial charge < -0.3 is 21.1 Å². The van der Waals surface area contributed by atoms with E-state index < -0.39 is 0 Å². The van der Waals surface area contributed by atoms with E-state index in [-0.39, 0.29) is 18.0 Å². The monoisotopic (exact) mass is 461 g/mol. The van der Waals surface area contributed by atoms with Crippen molar-refractivity contribution < 1.29 is 9.53 Å². The number of nitrogens with zero attached hydrogens (tertiary/aromatic N) is 2. The van der Waals surface area contributed by atoms with Crippen LogP contribution in [-0.2, 0) is 0 Å². The van der Waals surface area contributed by atoms with E-state index in [2.05, 4.69) is 15.0 Å². The minimum Gasteiger partial charge on any atom is -0.497 e. The Morgan fingerprint density at radius 2 is 1.74 bits per heavy atom. The van der Waals surface area contributed by atoms with Gasteiger partial charge >= 0.3 is 0 Å². The molecule has 4 N–H and O–H groups in total. The van der Waals surface area contributed by atoms with Crippen LogP contribution in [0.5, 0.6) is 5.75 Å². The molecule has 0 bridgehead atoms. The average Bonchev–Trinajstić information content (AvgIpc) is 3.23. The van der Waals surface area contributed by atoms with Gasteiger partial charge in [0, 0.05) is 35.4 Å². The third-order valence-corrected chi connectivity index (χ3v) is 7.30. The van der Waals surface area contributed by atoms with Gasteiger partial charge in [0.1, 0.15) is 22.9 Å². The SMILES string of the molecule is COc1ccc(-c2nc3cc(C(=O)NC4CCC(N)CC4)ccn3c2NC2CCCCC2)cc1. The minimum atomic E-state index is -0.0428. The largest absolute Gasteiger partial charge is 0.497 e. The summed E-state index contributed by atoms with van der Waals surface area (Å²) in [5, 5.41) is 6.97. The van der Waals surface area contributed by atoms with Gasteiger partial charge in [0.2, 0.25) is 0 Å². The van der Waals surface area contributed by atoms with Crippen molar-refractivity contribution in [2.75, 3.05) is 12.4 Å². The lowest BCUT2D eigenvalue weighted by molar-refractivity contribution is 0.0926. The Balaban J connectivity index is 1.45. The molecule has 5 rings (SSSR count). The van der Waals surface area contributed by atoms with Crippen molar-refractivity contribution in [2.45, 2.75) is 75.9 Å². The van der Waals surface area contributed by atoms with Crippen LogP contribution in [0.3, 0.4) is 0 Å². The molecule has 0 radical (unpaired) electrons. The Morgan fingerprint density at radius 3 is 2.44 bits per heavy atom. The lowest BCUT2D eigenvalue weighted by Crippen LogP contribution is -2.40. The fraction of sp³-hybridized carbons (Fsp3) is 0.481. The molecular formula is C27H35N5O2. The maximum Gasteiger partial charge on any atom is 0.251 e. The first-order chi connectivity index (χ1) is 16.6. The number of benzene rings is 1. The topological polar surface area (TPSA) is 93.7 Å². The van der Waals surface area contributed by atoms with Crippen molar-refractivity contribution in [1.82, 2.24) is 14.7 Å². The second kappa shape index (κ2) is 10.1. The summed E-state index contributed by atoms with van der Waals surface area (Å²) in [6.07, 6.45) is 11.9. The predicted molar refractivity (Wildman–Crippen MR) is 135 cm³/mol. The van der Waals surface area contributed by atoms with Crippen LogP contribution in [0.4, 0.5) is 5.82 Å². The van der Waals surface area contributed by atoms with Crippen LogP contribution >= 0.6 is 0 Å². The third kappa shape index (κ3) is 4.89. The lowest BCUT2D eigenvalue weighted by Gasteiger charge is -2.26. The highest BCUT2D eigenvalue weighted by atomic mass is 16.5. The zero-order valence-corrected chi connectivity index (χ0v) is 19.9. The van der Waals surface area contributed by atoms with Gasteiger partial charge in [-0.3, -0.25) is 9.20 Å². The number of methoxy groups -OCH3 is 1. The minimum absolute atomic E-state index is 0.0428. The molecule has 0 atom stereocenters. The Labute approximate surface area is 201 Å². The Hall–Kier alpha value is -3.06. The fourth-order valence-electron chi connectivity index (χ4n) is 5.25. The number of hydrogen-bond acceptors (Lipinski definition) is 5. The molecule has 1 amide bonds. The van der Waals surface area contributed by atoms with Crippen molar-refractivity contribution >= 4 is 17.4 Å². The summed E-state index contributed by atoms with van der Waals surface area (Å²) >= 11 is 0. The van der Waals surface area contributed by atoms with E-state index in [1.165, 1.54) is 32.1 Å². The molecule has 7 heteroatoms. The molecule has 2 saturated carbocycles. The first-order valence-electron chi connectivity index (χ1n) is 12.6. The number of pyridine rings is 1. The van der Waals surface area contributed by atoms with Gasteiger partial charge in [0.25, 0.3) is 5.91 Å². The number of carbonyl (C=O) groups is 1. The van der Waals surface area contributed by atoms with E-state index in [0.717, 1.165) is 54.2 Å². The number of amides is 1. The zero-order valence-electron chi connectivity index (χ0n) is 19.9. The normalized spacial score (nSPS) is 21.4. The summed E-state index contributed by atoms with van der Waals surface area (Å²) in [7, 11) is 1.67. The van der Waals surface area contributed by atoms with Gasteiger partial charge in [0.05, 0.1) is 7.11 Å². The predicted octanol–water partition coefficient (Wildman–Crippen LogP) is 4.75. The number of nitrogens with two attached hydrogens (primary N) is 1. The molecular weight excluding hydrogens is 426 g/mol. The molecule has 3 aromatic rings. The maximum absolute atomic E-state index is 13.0. The summed E-state index contributed by atoms with van der Waals surface area (Å²) in [5.74, 6) is 1.76. The molecule has 2 heterocycles. The molecule has 2 aliphatic rings. The van der Waals surface area contributed by atoms with Crippen LogP contribution in [0, 0.1) is 0 Å². The smallest absolute Gasteiger partial charge is 0.251 e. The van der Waals surface area contributed by atoms with Gasteiger partial charge in [-0.05, 0) is 74.9 Å². The van der Waals surface area contributed by atoms with Crippen molar-refractivity contribution in [3.05, 3.63) is 48.2 Å². The number of hydrogen-bond donors (Lipinski definition) is 3. The standard InChI is InChI=1S/C27H35N5O2/c1-34-23-13-7-18(8-14-23)25-26(29-21-5-3-2-4-6-21)32-16-15-19(17-24(32)31-25)27(33)30-22-11-9-20(28)10-12-22/h7-8,13-17,20-22,29H,2-6,9-12,28H2,1H3,(H,30,33). The van der Waals surface area contributed by atoms with E-state index in [4.69, 9.17) is 15.5 Å². The van der Waals surface area contributed by atoms with E-state index in [1.807, 2.05) is 42.6 Å². The number of anilines is 1. The van der Waals surface area contributed by atoms with Crippen LogP contribution in [0.2, 0.25) is 0 Å². The van der Waals surface area contributed by atoms with Crippen LogP contribution in [0.1, 0.15) is 68.1 Å². The van der Waals surface area contributed by atoms with Crippen molar-refractivity contribution in [1.29, 1.82) is 0 Å². The summed E-state index contributed by atoms with van der Waals surface area (Å²) in [5.41, 5.74) is 9.33. The van der Waals surface area contributed by atoms with Crippen molar-refractivity contribution in [3.8, 4) is 17.0 Å². The average molecular weight is 462 g/mol. The highest BCUT2D eigenvalue weighted by Crippen LogP contribution is 2.32. The molecule has 2 aliphatic carbocycles. The number of rotatable bonds is 6. The van der Waals surface area contributed by atoms with E-state index in [9.17, 15) is 4.79 Å². The highest BCUT2D eigenvalue weighted by molar-refractivity contribution is 5.95. The summed E-state index contributed by atoms with van der Waals surface area (Å²) in [6.45, 7) is 0. The lowest BCUT2D eigenvalue weighted by atomic mass is 9.91. The second-order valence-electron chi connectivity index (χ2n) is 9.75. The van der Waals surface area contributed by atoms with Gasteiger partial charge in [0.15, 0.2) is 0 Å². The second-order valence-corrected chi connectivity index (χ2v) is 9.75. The number of fused-ring (bicyclic) bond motifs is 1. The number of ether oxygens (including phenoxy) is 1. The number of nitrogens with one attached hydrogen (secondary N) is 2. The molecule has 34 heavy (non-hydrogen) atoms. The van der Waals surface area contributed by atoms with E-state index in [0.29, 0.717) is 11.6 Å². The zero-order chi connectivity index (χ0) is 23.5.